The first kappa shape index (κ1) is 12.0. The second-order valence-corrected chi connectivity index (χ2v) is 4.94. The van der Waals surface area contributed by atoms with Crippen molar-refractivity contribution < 1.29 is 9.90 Å². The molecule has 82 valence electrons. The lowest BCUT2D eigenvalue weighted by Crippen LogP contribution is -2.30. The molecule has 0 aliphatic rings. The molecule has 15 heavy (non-hydrogen) atoms. The van der Waals surface area contributed by atoms with Crippen molar-refractivity contribution >= 4 is 17.7 Å². The zero-order chi connectivity index (χ0) is 11.5. The molecule has 0 amide bonds. The van der Waals surface area contributed by atoms with Crippen LogP contribution in [0.3, 0.4) is 0 Å². The number of aryl methyl sites for hydroxylation is 1. The van der Waals surface area contributed by atoms with Crippen molar-refractivity contribution in [3.63, 3.8) is 0 Å². The van der Waals surface area contributed by atoms with Gasteiger partial charge < -0.3 is 5.11 Å². The minimum atomic E-state index is -0.853. The Kier molecular flexibility index (Phi) is 3.68. The minimum absolute atomic E-state index is 0.516. The van der Waals surface area contributed by atoms with Crippen molar-refractivity contribution in [2.24, 2.45) is 0 Å². The van der Waals surface area contributed by atoms with Gasteiger partial charge in [-0.1, -0.05) is 18.7 Å². The van der Waals surface area contributed by atoms with Crippen molar-refractivity contribution in [3.8, 4) is 0 Å². The van der Waals surface area contributed by atoms with E-state index in [1.807, 2.05) is 13.8 Å². The van der Waals surface area contributed by atoms with Crippen LogP contribution in [0, 0.1) is 6.92 Å². The lowest BCUT2D eigenvalue weighted by atomic mass is 10.1. The SMILES string of the molecule is CCC(C)(Sc1nccc(C)n1)C(=O)O. The number of rotatable bonds is 4. The van der Waals surface area contributed by atoms with E-state index in [4.69, 9.17) is 5.11 Å². The molecule has 5 heteroatoms. The molecule has 1 aromatic heterocycles. The largest absolute Gasteiger partial charge is 0.480 e. The number of carbonyl (C=O) groups is 1. The standard InChI is InChI=1S/C10H14N2O2S/c1-4-10(3,8(13)14)15-9-11-6-5-7(2)12-9/h5-6H,4H2,1-3H3,(H,13,14). The molecule has 0 radical (unpaired) electrons. The van der Waals surface area contributed by atoms with Crippen molar-refractivity contribution in [1.29, 1.82) is 0 Å². The Hall–Kier alpha value is -1.10. The van der Waals surface area contributed by atoms with Gasteiger partial charge in [0.1, 0.15) is 4.75 Å². The Morgan fingerprint density at radius 1 is 1.67 bits per heavy atom. The van der Waals surface area contributed by atoms with Crippen LogP contribution in [0.25, 0.3) is 0 Å². The predicted octanol–water partition coefficient (Wildman–Crippen LogP) is 2.13. The molecule has 0 saturated carbocycles. The highest BCUT2D eigenvalue weighted by atomic mass is 32.2. The summed E-state index contributed by atoms with van der Waals surface area (Å²) in [4.78, 5) is 19.3. The maximum Gasteiger partial charge on any atom is 0.319 e. The summed E-state index contributed by atoms with van der Waals surface area (Å²) < 4.78 is -0.853. The van der Waals surface area contributed by atoms with Gasteiger partial charge >= 0.3 is 5.97 Å². The van der Waals surface area contributed by atoms with Crippen LogP contribution in [0.1, 0.15) is 26.0 Å². The highest BCUT2D eigenvalue weighted by molar-refractivity contribution is 8.01. The number of hydrogen-bond acceptors (Lipinski definition) is 4. The molecular formula is C10H14N2O2S. The van der Waals surface area contributed by atoms with E-state index in [1.165, 1.54) is 11.8 Å². The van der Waals surface area contributed by atoms with E-state index < -0.39 is 10.7 Å². The smallest absolute Gasteiger partial charge is 0.319 e. The molecule has 1 rings (SSSR count). The summed E-state index contributed by atoms with van der Waals surface area (Å²) in [6.45, 7) is 5.39. The van der Waals surface area contributed by atoms with Gasteiger partial charge in [0.2, 0.25) is 0 Å². The molecule has 1 aromatic rings. The van der Waals surface area contributed by atoms with Gasteiger partial charge in [-0.2, -0.15) is 0 Å². The molecule has 0 aliphatic heterocycles. The highest BCUT2D eigenvalue weighted by Gasteiger charge is 2.33. The number of aliphatic carboxylic acids is 1. The monoisotopic (exact) mass is 226 g/mol. The topological polar surface area (TPSA) is 63.1 Å². The number of thioether (sulfide) groups is 1. The third-order valence-corrected chi connectivity index (χ3v) is 3.51. The number of hydrogen-bond donors (Lipinski definition) is 1. The molecule has 1 heterocycles. The van der Waals surface area contributed by atoms with Gasteiger partial charge in [0.25, 0.3) is 0 Å². The van der Waals surface area contributed by atoms with Crippen molar-refractivity contribution in [1.82, 2.24) is 9.97 Å². The number of carboxylic acids is 1. The first-order chi connectivity index (χ1) is 6.98. The first-order valence-corrected chi connectivity index (χ1v) is 5.51. The van der Waals surface area contributed by atoms with Crippen LogP contribution in [0.15, 0.2) is 17.4 Å². The van der Waals surface area contributed by atoms with Crippen LogP contribution in [0.5, 0.6) is 0 Å². The predicted molar refractivity (Wildman–Crippen MR) is 59.0 cm³/mol. The fourth-order valence-electron chi connectivity index (χ4n) is 0.944. The van der Waals surface area contributed by atoms with Crippen molar-refractivity contribution in [2.75, 3.05) is 0 Å². The second-order valence-electron chi connectivity index (χ2n) is 3.47. The van der Waals surface area contributed by atoms with E-state index in [0.29, 0.717) is 11.6 Å². The summed E-state index contributed by atoms with van der Waals surface area (Å²) in [7, 11) is 0. The van der Waals surface area contributed by atoms with E-state index in [0.717, 1.165) is 5.69 Å². The van der Waals surface area contributed by atoms with E-state index >= 15 is 0 Å². The zero-order valence-electron chi connectivity index (χ0n) is 9.02. The molecule has 1 N–H and O–H groups in total. The van der Waals surface area contributed by atoms with Gasteiger partial charge in [-0.25, -0.2) is 9.97 Å². The molecule has 1 unspecified atom stereocenters. The number of nitrogens with zero attached hydrogens (tertiary/aromatic N) is 2. The van der Waals surface area contributed by atoms with Crippen molar-refractivity contribution in [2.45, 2.75) is 37.1 Å². The molecule has 0 aliphatic carbocycles. The van der Waals surface area contributed by atoms with Crippen LogP contribution >= 0.6 is 11.8 Å². The molecule has 1 atom stereocenters. The van der Waals surface area contributed by atoms with Gasteiger partial charge in [-0.3, -0.25) is 4.79 Å². The van der Waals surface area contributed by atoms with Gasteiger partial charge in [0, 0.05) is 11.9 Å². The molecule has 0 saturated heterocycles. The van der Waals surface area contributed by atoms with E-state index in [9.17, 15) is 4.79 Å². The normalized spacial score (nSPS) is 14.6. The Bertz CT molecular complexity index is 370. The molecule has 0 spiro atoms. The minimum Gasteiger partial charge on any atom is -0.480 e. The molecule has 0 fully saturated rings. The Balaban J connectivity index is 2.89. The maximum absolute atomic E-state index is 11.1. The summed E-state index contributed by atoms with van der Waals surface area (Å²) in [6.07, 6.45) is 2.17. The Labute approximate surface area is 93.1 Å². The summed E-state index contributed by atoms with van der Waals surface area (Å²) in [5.74, 6) is -0.833. The molecule has 0 aromatic carbocycles. The van der Waals surface area contributed by atoms with Gasteiger partial charge in [0.05, 0.1) is 0 Å². The summed E-state index contributed by atoms with van der Waals surface area (Å²) in [6, 6.07) is 1.79. The molecular weight excluding hydrogens is 212 g/mol. The first-order valence-electron chi connectivity index (χ1n) is 4.70. The van der Waals surface area contributed by atoms with Gasteiger partial charge in [0.15, 0.2) is 5.16 Å². The number of carboxylic acid groups (broad SMARTS) is 1. The zero-order valence-corrected chi connectivity index (χ0v) is 9.84. The van der Waals surface area contributed by atoms with Crippen LogP contribution < -0.4 is 0 Å². The third kappa shape index (κ3) is 2.92. The van der Waals surface area contributed by atoms with E-state index in [1.54, 1.807) is 19.2 Å². The van der Waals surface area contributed by atoms with E-state index in [-0.39, 0.29) is 0 Å². The van der Waals surface area contributed by atoms with Crippen LogP contribution in [0.4, 0.5) is 0 Å². The third-order valence-electron chi connectivity index (χ3n) is 2.22. The lowest BCUT2D eigenvalue weighted by Gasteiger charge is -2.20. The second kappa shape index (κ2) is 4.61. The average Bonchev–Trinajstić information content (AvgIpc) is 2.17. The lowest BCUT2D eigenvalue weighted by molar-refractivity contribution is -0.139. The summed E-state index contributed by atoms with van der Waals surface area (Å²) in [5.41, 5.74) is 0.844. The van der Waals surface area contributed by atoms with Crippen LogP contribution in [0.2, 0.25) is 0 Å². The molecule has 0 bridgehead atoms. The number of aromatic nitrogens is 2. The van der Waals surface area contributed by atoms with Crippen LogP contribution in [-0.4, -0.2) is 25.8 Å². The fraction of sp³-hybridized carbons (Fsp3) is 0.500. The van der Waals surface area contributed by atoms with Gasteiger partial charge in [-0.05, 0) is 26.3 Å². The highest BCUT2D eigenvalue weighted by Crippen LogP contribution is 2.33. The summed E-state index contributed by atoms with van der Waals surface area (Å²) >= 11 is 1.19. The van der Waals surface area contributed by atoms with Gasteiger partial charge in [-0.15, -0.1) is 0 Å². The fourth-order valence-corrected chi connectivity index (χ4v) is 1.88. The van der Waals surface area contributed by atoms with Crippen molar-refractivity contribution in [3.05, 3.63) is 18.0 Å². The van der Waals surface area contributed by atoms with Crippen LogP contribution in [-0.2, 0) is 4.79 Å². The average molecular weight is 226 g/mol. The Morgan fingerprint density at radius 3 is 2.80 bits per heavy atom. The quantitative estimate of drug-likeness (QED) is 0.629. The summed E-state index contributed by atoms with van der Waals surface area (Å²) in [5, 5.41) is 9.60. The molecule has 4 nitrogen and oxygen atoms in total. The van der Waals surface area contributed by atoms with E-state index in [2.05, 4.69) is 9.97 Å². The maximum atomic E-state index is 11.1. The Morgan fingerprint density at radius 2 is 2.33 bits per heavy atom.